The van der Waals surface area contributed by atoms with Crippen molar-refractivity contribution in [1.82, 2.24) is 19.7 Å². The highest BCUT2D eigenvalue weighted by Crippen LogP contribution is 2.46. The first kappa shape index (κ1) is 37.5. The highest BCUT2D eigenvalue weighted by atomic mass is 32.1. The van der Waals surface area contributed by atoms with Crippen LogP contribution in [-0.2, 0) is 30.8 Å². The number of ether oxygens (including phenoxy) is 1. The topological polar surface area (TPSA) is 233 Å². The van der Waals surface area contributed by atoms with Crippen molar-refractivity contribution in [3.8, 4) is 17.3 Å². The number of nitrogens with zero attached hydrogens (tertiary/aromatic N) is 5. The van der Waals surface area contributed by atoms with Gasteiger partial charge in [0.2, 0.25) is 0 Å². The molecule has 4 aromatic rings. The minimum atomic E-state index is -4.93. The van der Waals surface area contributed by atoms with Gasteiger partial charge in [0.05, 0.1) is 28.9 Å². The second-order valence-electron chi connectivity index (χ2n) is 10.2. The van der Waals surface area contributed by atoms with Crippen LogP contribution in [0.25, 0.3) is 11.3 Å². The van der Waals surface area contributed by atoms with E-state index in [2.05, 4.69) is 25.7 Å². The number of hydrogen-bond acceptors (Lipinski definition) is 11. The van der Waals surface area contributed by atoms with Gasteiger partial charge in [-0.2, -0.15) is 10.4 Å². The zero-order valence-electron chi connectivity index (χ0n) is 25.1. The van der Waals surface area contributed by atoms with Gasteiger partial charge in [-0.25, -0.2) is 28.0 Å². The Bertz CT molecular complexity index is 1680. The van der Waals surface area contributed by atoms with E-state index in [9.17, 15) is 23.5 Å². The molecule has 4 rings (SSSR count). The van der Waals surface area contributed by atoms with Gasteiger partial charge in [0.1, 0.15) is 35.9 Å². The summed E-state index contributed by atoms with van der Waals surface area (Å²) in [6.07, 6.45) is 4.78. The molecule has 0 radical (unpaired) electrons. The maximum absolute atomic E-state index is 15.2. The van der Waals surface area contributed by atoms with Crippen molar-refractivity contribution < 1.29 is 42.3 Å². The van der Waals surface area contributed by atoms with Crippen LogP contribution < -0.4 is 11.5 Å². The molecule has 0 amide bonds. The number of halogens is 2. The molecule has 0 aliphatic heterocycles. The minimum Gasteiger partial charge on any atom is -0.480 e. The van der Waals surface area contributed by atoms with E-state index in [1.807, 2.05) is 0 Å². The smallest absolute Gasteiger partial charge is 0.471 e. The quantitative estimate of drug-likeness (QED) is 0.0677. The lowest BCUT2D eigenvalue weighted by Gasteiger charge is -2.38. The average Bonchev–Trinajstić information content (AvgIpc) is 3.73. The van der Waals surface area contributed by atoms with Gasteiger partial charge in [0.25, 0.3) is 0 Å². The molecule has 0 saturated heterocycles. The summed E-state index contributed by atoms with van der Waals surface area (Å²) in [6, 6.07) is 11.1. The van der Waals surface area contributed by atoms with Gasteiger partial charge in [-0.15, -0.1) is 11.3 Å². The number of phosphoric acid groups is 1. The Morgan fingerprint density at radius 1 is 1.21 bits per heavy atom. The lowest BCUT2D eigenvalue weighted by Crippen LogP contribution is -2.41. The van der Waals surface area contributed by atoms with Gasteiger partial charge in [-0.3, -0.25) is 9.32 Å². The highest BCUT2D eigenvalue weighted by Gasteiger charge is 2.45. The van der Waals surface area contributed by atoms with E-state index in [1.54, 1.807) is 36.6 Å². The third-order valence-corrected chi connectivity index (χ3v) is 8.45. The van der Waals surface area contributed by atoms with Crippen molar-refractivity contribution in [2.24, 2.45) is 11.5 Å². The molecule has 14 nitrogen and oxygen atoms in total. The largest absolute Gasteiger partial charge is 0.480 e. The molecule has 0 aliphatic carbocycles. The van der Waals surface area contributed by atoms with E-state index in [0.717, 1.165) is 24.5 Å². The molecule has 0 fully saturated rings. The van der Waals surface area contributed by atoms with Crippen LogP contribution in [0.3, 0.4) is 0 Å². The van der Waals surface area contributed by atoms with Crippen LogP contribution in [0.2, 0.25) is 0 Å². The fourth-order valence-electron chi connectivity index (χ4n) is 4.46. The molecule has 2 aromatic heterocycles. The van der Waals surface area contributed by atoms with Crippen molar-refractivity contribution >= 4 is 25.1 Å². The maximum atomic E-state index is 15.2. The molecule has 252 valence electrons. The van der Waals surface area contributed by atoms with Crippen LogP contribution in [0.15, 0.2) is 60.5 Å². The monoisotopic (exact) mass is 693 g/mol. The molecule has 7 N–H and O–H groups in total. The lowest BCUT2D eigenvalue weighted by molar-refractivity contribution is -0.140. The summed E-state index contributed by atoms with van der Waals surface area (Å²) in [5.41, 5.74) is 10.4. The van der Waals surface area contributed by atoms with Crippen molar-refractivity contribution in [2.75, 3.05) is 13.3 Å². The van der Waals surface area contributed by atoms with Crippen molar-refractivity contribution in [1.29, 1.82) is 5.26 Å². The lowest BCUT2D eigenvalue weighted by atomic mass is 9.81. The molecule has 47 heavy (non-hydrogen) atoms. The number of thiazole rings is 1. The highest BCUT2D eigenvalue weighted by molar-refractivity contribution is 7.46. The van der Waals surface area contributed by atoms with Crippen LogP contribution in [0.4, 0.5) is 8.78 Å². The van der Waals surface area contributed by atoms with Crippen LogP contribution in [0.5, 0.6) is 0 Å². The van der Waals surface area contributed by atoms with Crippen LogP contribution in [0, 0.1) is 23.0 Å². The van der Waals surface area contributed by atoms with E-state index in [4.69, 9.17) is 26.6 Å². The second-order valence-corrected chi connectivity index (χ2v) is 12.3. The Labute approximate surface area is 272 Å². The Morgan fingerprint density at radius 2 is 1.94 bits per heavy atom. The van der Waals surface area contributed by atoms with E-state index >= 15 is 4.39 Å². The van der Waals surface area contributed by atoms with Crippen molar-refractivity contribution in [2.45, 2.75) is 50.3 Å². The molecule has 0 spiro atoms. The molecular weight excluding hydrogens is 659 g/mol. The summed E-state index contributed by atoms with van der Waals surface area (Å²) in [7, 11) is -4.93. The van der Waals surface area contributed by atoms with Gasteiger partial charge in [0, 0.05) is 28.5 Å². The first-order valence-electron chi connectivity index (χ1n) is 14.1. The number of hydrogen-bond donors (Lipinski definition) is 5. The fraction of sp³-hybridized carbons (Fsp3) is 0.345. The number of carboxylic acids is 1. The number of phosphoric ester groups is 1. The zero-order chi connectivity index (χ0) is 34.6. The SMILES string of the molecule is CC(c1nc(-c2ccc(C#N)cc2)cs1)C(Cn1cncn1)(OCOP(=O)(O)O)c1ccc(F)cc1F.NCCCC[C@H](N)C(=O)O. The first-order valence-corrected chi connectivity index (χ1v) is 16.5. The average molecular weight is 694 g/mol. The predicted molar refractivity (Wildman–Crippen MR) is 166 cm³/mol. The molecule has 0 saturated carbocycles. The van der Waals surface area contributed by atoms with E-state index in [0.29, 0.717) is 35.3 Å². The normalized spacial score (nSPS) is 13.9. The van der Waals surface area contributed by atoms with E-state index in [-0.39, 0.29) is 12.1 Å². The van der Waals surface area contributed by atoms with Crippen molar-refractivity contribution in [3.63, 3.8) is 0 Å². The number of rotatable bonds is 15. The number of nitriles is 1. The summed E-state index contributed by atoms with van der Waals surface area (Å²) < 4.78 is 52.2. The Balaban J connectivity index is 0.000000520. The third kappa shape index (κ3) is 10.8. The predicted octanol–water partition coefficient (Wildman–Crippen LogP) is 3.86. The van der Waals surface area contributed by atoms with Crippen LogP contribution in [0.1, 0.15) is 48.2 Å². The standard InChI is InChI=1S/C23H20F2N5O5PS.C6H14N2O2/c1-15(22-29-21(10-37-22)17-4-2-16(9-26)3-5-17)23(11-30-13-27-12-28-30,34-14-35-36(31,32)33)19-7-6-18(24)8-20(19)25;7-4-2-1-3-5(8)6(9)10/h2-8,10,12-13,15H,11,14H2,1H3,(H2,31,32,33);5H,1-4,7-8H2,(H,9,10)/t;5-/m.0/s1. The van der Waals surface area contributed by atoms with Gasteiger partial charge >= 0.3 is 13.8 Å². The second kappa shape index (κ2) is 17.3. The minimum absolute atomic E-state index is 0.0960. The van der Waals surface area contributed by atoms with Gasteiger partial charge in [-0.1, -0.05) is 31.5 Å². The zero-order valence-corrected chi connectivity index (χ0v) is 26.9. The summed E-state index contributed by atoms with van der Waals surface area (Å²) >= 11 is 1.25. The Hall–Kier alpha value is -3.98. The molecule has 2 unspecified atom stereocenters. The summed E-state index contributed by atoms with van der Waals surface area (Å²) in [5, 5.41) is 23.7. The number of carboxylic acid groups (broad SMARTS) is 1. The van der Waals surface area contributed by atoms with Gasteiger partial charge < -0.3 is 31.1 Å². The molecule has 2 heterocycles. The Morgan fingerprint density at radius 3 is 2.51 bits per heavy atom. The van der Waals surface area contributed by atoms with Crippen LogP contribution >= 0.6 is 19.2 Å². The maximum Gasteiger partial charge on any atom is 0.471 e. The molecule has 18 heteroatoms. The first-order chi connectivity index (χ1) is 22.3. The fourth-order valence-corrected chi connectivity index (χ4v) is 5.61. The van der Waals surface area contributed by atoms with E-state index < -0.39 is 49.8 Å². The molecule has 0 bridgehead atoms. The number of aromatic nitrogens is 4. The van der Waals surface area contributed by atoms with Gasteiger partial charge in [-0.05, 0) is 37.6 Å². The summed E-state index contributed by atoms with van der Waals surface area (Å²) in [4.78, 5) is 37.1. The number of carbonyl (C=O) groups is 1. The Kier molecular flexibility index (Phi) is 13.8. The number of aliphatic carboxylic acids is 1. The van der Waals surface area contributed by atoms with Crippen LogP contribution in [-0.4, -0.2) is 60.0 Å². The number of benzene rings is 2. The number of unbranched alkanes of at least 4 members (excludes halogenated alkanes) is 1. The number of nitrogens with two attached hydrogens (primary N) is 2. The van der Waals surface area contributed by atoms with Gasteiger partial charge in [0.15, 0.2) is 6.79 Å². The molecule has 0 aliphatic rings. The molecule has 2 aromatic carbocycles. The molecular formula is C29H34F2N7O7PS. The summed E-state index contributed by atoms with van der Waals surface area (Å²) in [6.45, 7) is 1.21. The third-order valence-electron chi connectivity index (χ3n) is 6.98. The van der Waals surface area contributed by atoms with Crippen molar-refractivity contribution in [3.05, 3.63) is 88.3 Å². The molecule has 3 atom stereocenters. The van der Waals surface area contributed by atoms with E-state index in [1.165, 1.54) is 34.7 Å². The summed E-state index contributed by atoms with van der Waals surface area (Å²) in [5.74, 6) is -3.44.